The lowest BCUT2D eigenvalue weighted by Crippen LogP contribution is -2.47. The van der Waals surface area contributed by atoms with Crippen LogP contribution in [0.15, 0.2) is 11.0 Å². The number of rotatable bonds is 3. The van der Waals surface area contributed by atoms with E-state index in [4.69, 9.17) is 9.47 Å². The van der Waals surface area contributed by atoms with Crippen LogP contribution in [0.3, 0.4) is 0 Å². The summed E-state index contributed by atoms with van der Waals surface area (Å²) in [6, 6.07) is -0.0468. The number of aromatic nitrogens is 1. The molecule has 2 aliphatic heterocycles. The molecule has 2 saturated heterocycles. The lowest BCUT2D eigenvalue weighted by Gasteiger charge is -2.34. The number of nitrogens with zero attached hydrogens (tertiary/aromatic N) is 2. The Morgan fingerprint density at radius 3 is 2.61 bits per heavy atom. The van der Waals surface area contributed by atoms with Crippen LogP contribution >= 0.6 is 24.0 Å². The van der Waals surface area contributed by atoms with Crippen LogP contribution in [0, 0.1) is 18.8 Å². The first-order valence-electron chi connectivity index (χ1n) is 13.0. The van der Waals surface area contributed by atoms with Crippen LogP contribution in [0.25, 0.3) is 6.08 Å². The monoisotopic (exact) mass is 540 g/mol. The summed E-state index contributed by atoms with van der Waals surface area (Å²) in [6.45, 7) is 10.2. The Morgan fingerprint density at radius 1 is 1.31 bits per heavy atom. The smallest absolute Gasteiger partial charge is 0.150 e. The van der Waals surface area contributed by atoms with Gasteiger partial charge in [0.25, 0.3) is 0 Å². The van der Waals surface area contributed by atoms with Gasteiger partial charge in [0.05, 0.1) is 52.5 Å². The lowest BCUT2D eigenvalue weighted by atomic mass is 9.83. The van der Waals surface area contributed by atoms with Gasteiger partial charge in [-0.1, -0.05) is 20.3 Å². The van der Waals surface area contributed by atoms with Crippen molar-refractivity contribution in [3.8, 4) is 0 Å². The van der Waals surface area contributed by atoms with Gasteiger partial charge in [0.2, 0.25) is 0 Å². The Kier molecular flexibility index (Phi) is 10.2. The van der Waals surface area contributed by atoms with E-state index in [0.29, 0.717) is 0 Å². The fourth-order valence-corrected chi connectivity index (χ4v) is 6.40. The SMILES string of the molecule is CC(=Cc1csc(C)n1)C1OCCC(=O)C(S)C(O)C(C)C(O)C(C)CCCC2(C)OC2C1N(C)C. The zero-order chi connectivity index (χ0) is 26.8. The molecule has 204 valence electrons. The van der Waals surface area contributed by atoms with Crippen LogP contribution in [-0.2, 0) is 14.3 Å². The molecule has 0 amide bonds. The summed E-state index contributed by atoms with van der Waals surface area (Å²) < 4.78 is 12.8. The number of Topliss-reactive ketones (excluding diaryl/α,β-unsaturated/α-hetero) is 1. The second-order valence-electron chi connectivity index (χ2n) is 11.1. The zero-order valence-electron chi connectivity index (χ0n) is 22.7. The van der Waals surface area contributed by atoms with Crippen LogP contribution in [0.5, 0.6) is 0 Å². The first kappa shape index (κ1) is 29.7. The van der Waals surface area contributed by atoms with E-state index in [1.165, 1.54) is 0 Å². The largest absolute Gasteiger partial charge is 0.392 e. The van der Waals surface area contributed by atoms with Gasteiger partial charge >= 0.3 is 0 Å². The third-order valence-electron chi connectivity index (χ3n) is 7.91. The van der Waals surface area contributed by atoms with E-state index in [0.717, 1.165) is 35.5 Å². The van der Waals surface area contributed by atoms with Gasteiger partial charge in [-0.25, -0.2) is 4.98 Å². The van der Waals surface area contributed by atoms with Crippen molar-refractivity contribution in [2.75, 3.05) is 20.7 Å². The fourth-order valence-electron chi connectivity index (χ4n) is 5.43. The second kappa shape index (κ2) is 12.4. The third kappa shape index (κ3) is 6.98. The molecule has 2 N–H and O–H groups in total. The Hall–Kier alpha value is -0.810. The van der Waals surface area contributed by atoms with Crippen molar-refractivity contribution in [1.82, 2.24) is 9.88 Å². The highest BCUT2D eigenvalue weighted by molar-refractivity contribution is 7.81. The van der Waals surface area contributed by atoms with Crippen molar-refractivity contribution in [2.45, 2.75) is 102 Å². The van der Waals surface area contributed by atoms with Crippen LogP contribution in [-0.4, -0.2) is 87.9 Å². The van der Waals surface area contributed by atoms with Crippen molar-refractivity contribution in [1.29, 1.82) is 0 Å². The minimum atomic E-state index is -1.03. The number of aliphatic hydroxyl groups is 2. The third-order valence-corrected chi connectivity index (χ3v) is 9.30. The molecule has 3 heterocycles. The summed E-state index contributed by atoms with van der Waals surface area (Å²) >= 11 is 6.04. The molecule has 0 radical (unpaired) electrons. The highest BCUT2D eigenvalue weighted by Crippen LogP contribution is 2.46. The van der Waals surface area contributed by atoms with E-state index in [-0.39, 0.29) is 48.6 Å². The molecule has 9 heteroatoms. The summed E-state index contributed by atoms with van der Waals surface area (Å²) in [4.78, 5) is 19.6. The summed E-state index contributed by atoms with van der Waals surface area (Å²) in [5, 5.41) is 23.8. The zero-order valence-corrected chi connectivity index (χ0v) is 24.4. The van der Waals surface area contributed by atoms with Crippen molar-refractivity contribution >= 4 is 35.8 Å². The van der Waals surface area contributed by atoms with Crippen molar-refractivity contribution in [3.05, 3.63) is 21.7 Å². The van der Waals surface area contributed by atoms with Crippen LogP contribution in [0.4, 0.5) is 0 Å². The van der Waals surface area contributed by atoms with E-state index in [1.807, 2.05) is 40.2 Å². The number of fused-ring (bicyclic) bond motifs is 1. The molecule has 0 bridgehead atoms. The van der Waals surface area contributed by atoms with Crippen molar-refractivity contribution in [2.24, 2.45) is 11.8 Å². The van der Waals surface area contributed by atoms with Crippen LogP contribution in [0.2, 0.25) is 0 Å². The van der Waals surface area contributed by atoms with E-state index < -0.39 is 23.4 Å². The number of aliphatic hydroxyl groups excluding tert-OH is 2. The molecule has 7 nitrogen and oxygen atoms in total. The van der Waals surface area contributed by atoms with E-state index >= 15 is 0 Å². The average Bonchev–Trinajstić information content (AvgIpc) is 3.29. The first-order chi connectivity index (χ1) is 16.9. The number of aryl methyl sites for hydroxylation is 1. The summed E-state index contributed by atoms with van der Waals surface area (Å²) in [7, 11) is 4.07. The van der Waals surface area contributed by atoms with Gasteiger partial charge in [-0.15, -0.1) is 11.3 Å². The van der Waals surface area contributed by atoms with Gasteiger partial charge in [0.15, 0.2) is 0 Å². The normalized spacial score (nSPS) is 39.8. The molecule has 0 aromatic carbocycles. The molecule has 1 aromatic rings. The number of likely N-dealkylation sites (N-methyl/N-ethyl adjacent to an activating group) is 1. The standard InChI is InChI=1S/C27H44N2O5S2/c1-15-9-8-11-27(5)26(34-27)21(29(6)7)24(16(2)13-19-14-36-18(4)28-19)33-12-10-20(30)25(35)23(32)17(3)22(15)31/h13-15,17,21-26,31-32,35H,8-12H2,1-7H3. The Balaban J connectivity index is 1.89. The van der Waals surface area contributed by atoms with Gasteiger partial charge < -0.3 is 24.6 Å². The Bertz CT molecular complexity index is 922. The number of hydrogen-bond donors (Lipinski definition) is 3. The van der Waals surface area contributed by atoms with E-state index in [1.54, 1.807) is 18.3 Å². The molecule has 3 rings (SSSR count). The predicted molar refractivity (Wildman–Crippen MR) is 148 cm³/mol. The maximum Gasteiger partial charge on any atom is 0.150 e. The van der Waals surface area contributed by atoms with Gasteiger partial charge in [-0.05, 0) is 65.3 Å². The molecule has 0 saturated carbocycles. The molecule has 36 heavy (non-hydrogen) atoms. The average molecular weight is 541 g/mol. The summed E-state index contributed by atoms with van der Waals surface area (Å²) in [5.41, 5.74) is 1.66. The molecule has 0 spiro atoms. The second-order valence-corrected chi connectivity index (χ2v) is 12.8. The van der Waals surface area contributed by atoms with Crippen LogP contribution < -0.4 is 0 Å². The highest BCUT2D eigenvalue weighted by atomic mass is 32.1. The molecule has 1 aromatic heterocycles. The van der Waals surface area contributed by atoms with Crippen molar-refractivity contribution in [3.63, 3.8) is 0 Å². The number of hydrogen-bond acceptors (Lipinski definition) is 9. The number of thiazole rings is 1. The lowest BCUT2D eigenvalue weighted by molar-refractivity contribution is -0.123. The van der Waals surface area contributed by atoms with E-state index in [9.17, 15) is 15.0 Å². The number of epoxide rings is 1. The minimum absolute atomic E-state index is 0.00790. The quantitative estimate of drug-likeness (QED) is 0.397. The summed E-state index contributed by atoms with van der Waals surface area (Å²) in [6.07, 6.45) is 2.73. The molecule has 2 fully saturated rings. The first-order valence-corrected chi connectivity index (χ1v) is 14.4. The van der Waals surface area contributed by atoms with Gasteiger partial charge in [0.1, 0.15) is 11.9 Å². The van der Waals surface area contributed by atoms with Gasteiger partial charge in [-0.3, -0.25) is 4.79 Å². The number of carbonyl (C=O) groups excluding carboxylic acids is 1. The highest BCUT2D eigenvalue weighted by Gasteiger charge is 2.58. The molecule has 2 aliphatic rings. The molecule has 9 unspecified atom stereocenters. The molecule has 0 aliphatic carbocycles. The van der Waals surface area contributed by atoms with Crippen molar-refractivity contribution < 1.29 is 24.5 Å². The predicted octanol–water partition coefficient (Wildman–Crippen LogP) is 3.76. The molecule has 9 atom stereocenters. The number of thiol groups is 1. The Labute approximate surface area is 225 Å². The van der Waals surface area contributed by atoms with Crippen LogP contribution in [0.1, 0.15) is 64.1 Å². The fraction of sp³-hybridized carbons (Fsp3) is 0.778. The Morgan fingerprint density at radius 2 is 2.00 bits per heavy atom. The van der Waals surface area contributed by atoms with E-state index in [2.05, 4.69) is 35.5 Å². The summed E-state index contributed by atoms with van der Waals surface area (Å²) in [5.74, 6) is -0.654. The number of ketones is 1. The maximum atomic E-state index is 12.9. The maximum absolute atomic E-state index is 12.9. The molecular weight excluding hydrogens is 496 g/mol. The minimum Gasteiger partial charge on any atom is -0.392 e. The van der Waals surface area contributed by atoms with Gasteiger partial charge in [-0.2, -0.15) is 12.6 Å². The number of carbonyl (C=O) groups is 1. The topological polar surface area (TPSA) is 95.4 Å². The van der Waals surface area contributed by atoms with Gasteiger partial charge in [0, 0.05) is 17.7 Å². The molecular formula is C27H44N2O5S2. The number of ether oxygens (including phenoxy) is 2.